The van der Waals surface area contributed by atoms with E-state index in [2.05, 4.69) is 11.2 Å². The Labute approximate surface area is 115 Å². The van der Waals surface area contributed by atoms with Crippen molar-refractivity contribution < 1.29 is 9.59 Å². The van der Waals surface area contributed by atoms with E-state index in [-0.39, 0.29) is 17.9 Å². The fraction of sp³-hybridized carbons (Fsp3) is 0.733. The summed E-state index contributed by atoms with van der Waals surface area (Å²) < 4.78 is 0. The number of carbonyl (C=O) groups excluding carboxylic acids is 2. The smallest absolute Gasteiger partial charge is 0.248 e. The van der Waals surface area contributed by atoms with Gasteiger partial charge in [-0.25, -0.2) is 0 Å². The first-order chi connectivity index (χ1) is 9.06. The number of terminal acetylenes is 1. The van der Waals surface area contributed by atoms with Gasteiger partial charge in [-0.2, -0.15) is 0 Å². The zero-order valence-corrected chi connectivity index (χ0v) is 12.2. The topological polar surface area (TPSA) is 49.4 Å². The highest BCUT2D eigenvalue weighted by atomic mass is 16.2. The zero-order chi connectivity index (χ0) is 14.5. The Bertz CT molecular complexity index is 380. The van der Waals surface area contributed by atoms with Crippen LogP contribution in [0.5, 0.6) is 0 Å². The average molecular weight is 264 g/mol. The molecule has 0 spiro atoms. The molecule has 19 heavy (non-hydrogen) atoms. The van der Waals surface area contributed by atoms with E-state index in [4.69, 9.17) is 6.42 Å². The molecule has 1 N–H and O–H groups in total. The van der Waals surface area contributed by atoms with E-state index in [1.165, 1.54) is 0 Å². The molecule has 4 nitrogen and oxygen atoms in total. The van der Waals surface area contributed by atoms with E-state index in [0.717, 1.165) is 6.42 Å². The van der Waals surface area contributed by atoms with Crippen LogP contribution >= 0.6 is 0 Å². The van der Waals surface area contributed by atoms with Crippen molar-refractivity contribution in [2.24, 2.45) is 0 Å². The standard InChI is InChI=1S/C15H24N2O2/c1-5-9-10-11-17-12(6-2)13(18)16-15(7-3,8-4)14(17)19/h1,12H,6-11H2,2-4H3,(H,16,18). The summed E-state index contributed by atoms with van der Waals surface area (Å²) in [5.74, 6) is 2.58. The van der Waals surface area contributed by atoms with Gasteiger partial charge in [0.25, 0.3) is 0 Å². The molecule has 1 aliphatic heterocycles. The highest BCUT2D eigenvalue weighted by Gasteiger charge is 2.47. The lowest BCUT2D eigenvalue weighted by Gasteiger charge is -2.45. The van der Waals surface area contributed by atoms with Gasteiger partial charge >= 0.3 is 0 Å². The molecular formula is C15H24N2O2. The van der Waals surface area contributed by atoms with Crippen LogP contribution in [0.1, 0.15) is 52.9 Å². The summed E-state index contributed by atoms with van der Waals surface area (Å²) >= 11 is 0. The molecule has 0 bridgehead atoms. The maximum atomic E-state index is 12.7. The highest BCUT2D eigenvalue weighted by Crippen LogP contribution is 2.26. The van der Waals surface area contributed by atoms with E-state index in [9.17, 15) is 9.59 Å². The second-order valence-electron chi connectivity index (χ2n) is 5.01. The van der Waals surface area contributed by atoms with Crippen LogP contribution in [0.25, 0.3) is 0 Å². The number of rotatable bonds is 6. The fourth-order valence-electron chi connectivity index (χ4n) is 2.67. The second-order valence-corrected chi connectivity index (χ2v) is 5.01. The van der Waals surface area contributed by atoms with Gasteiger partial charge in [0.15, 0.2) is 0 Å². The van der Waals surface area contributed by atoms with Gasteiger partial charge in [0.05, 0.1) is 0 Å². The quantitative estimate of drug-likeness (QED) is 0.586. The van der Waals surface area contributed by atoms with Crippen LogP contribution in [0.3, 0.4) is 0 Å². The first-order valence-corrected chi connectivity index (χ1v) is 7.12. The van der Waals surface area contributed by atoms with Crippen molar-refractivity contribution in [3.8, 4) is 12.3 Å². The summed E-state index contributed by atoms with van der Waals surface area (Å²) in [4.78, 5) is 26.6. The lowest BCUT2D eigenvalue weighted by Crippen LogP contribution is -2.69. The number of nitrogens with one attached hydrogen (secondary N) is 1. The predicted molar refractivity (Wildman–Crippen MR) is 75.3 cm³/mol. The number of carbonyl (C=O) groups is 2. The minimum Gasteiger partial charge on any atom is -0.340 e. The molecule has 0 radical (unpaired) electrons. The Morgan fingerprint density at radius 2 is 1.95 bits per heavy atom. The Morgan fingerprint density at radius 3 is 2.42 bits per heavy atom. The second kappa shape index (κ2) is 6.60. The van der Waals surface area contributed by atoms with Crippen molar-refractivity contribution in [3.05, 3.63) is 0 Å². The van der Waals surface area contributed by atoms with E-state index >= 15 is 0 Å². The van der Waals surface area contributed by atoms with Gasteiger partial charge in [-0.05, 0) is 25.7 Å². The van der Waals surface area contributed by atoms with Crippen LogP contribution in [0.2, 0.25) is 0 Å². The molecule has 1 heterocycles. The van der Waals surface area contributed by atoms with Crippen molar-refractivity contribution in [3.63, 3.8) is 0 Å². The molecule has 0 aliphatic carbocycles. The third-order valence-electron chi connectivity index (χ3n) is 4.03. The SMILES string of the molecule is C#CCCCN1C(=O)C(CC)(CC)NC(=O)C1CC. The normalized spacial score (nSPS) is 22.0. The maximum Gasteiger partial charge on any atom is 0.248 e. The maximum absolute atomic E-state index is 12.7. The lowest BCUT2D eigenvalue weighted by atomic mass is 9.86. The monoisotopic (exact) mass is 264 g/mol. The largest absolute Gasteiger partial charge is 0.340 e. The molecule has 1 atom stereocenters. The Balaban J connectivity index is 2.96. The van der Waals surface area contributed by atoms with Crippen LogP contribution in [0.4, 0.5) is 0 Å². The van der Waals surface area contributed by atoms with Gasteiger partial charge in [-0.1, -0.05) is 20.8 Å². The van der Waals surface area contributed by atoms with Crippen molar-refractivity contribution >= 4 is 11.8 Å². The molecule has 106 valence electrons. The third kappa shape index (κ3) is 2.91. The predicted octanol–water partition coefficient (Wildman–Crippen LogP) is 1.70. The molecule has 1 saturated heterocycles. The van der Waals surface area contributed by atoms with Crippen LogP contribution in [0, 0.1) is 12.3 Å². The van der Waals surface area contributed by atoms with Crippen LogP contribution in [-0.2, 0) is 9.59 Å². The Hall–Kier alpha value is -1.50. The van der Waals surface area contributed by atoms with E-state index in [0.29, 0.717) is 32.2 Å². The fourth-order valence-corrected chi connectivity index (χ4v) is 2.67. The molecule has 1 fully saturated rings. The average Bonchev–Trinajstić information content (AvgIpc) is 2.42. The van der Waals surface area contributed by atoms with Gasteiger partial charge in [0.1, 0.15) is 11.6 Å². The van der Waals surface area contributed by atoms with E-state index in [1.54, 1.807) is 4.90 Å². The molecule has 0 saturated carbocycles. The van der Waals surface area contributed by atoms with Gasteiger partial charge < -0.3 is 10.2 Å². The number of piperazine rings is 1. The number of amides is 2. The minimum absolute atomic E-state index is 0.0356. The summed E-state index contributed by atoms with van der Waals surface area (Å²) in [5, 5.41) is 2.93. The molecular weight excluding hydrogens is 240 g/mol. The van der Waals surface area contributed by atoms with Gasteiger partial charge in [0, 0.05) is 13.0 Å². The summed E-state index contributed by atoms with van der Waals surface area (Å²) in [5.41, 5.74) is -0.723. The number of hydrogen-bond acceptors (Lipinski definition) is 2. The molecule has 0 aromatic carbocycles. The molecule has 0 aromatic heterocycles. The van der Waals surface area contributed by atoms with Crippen LogP contribution in [0.15, 0.2) is 0 Å². The van der Waals surface area contributed by atoms with Crippen molar-refractivity contribution in [2.45, 2.75) is 64.5 Å². The third-order valence-corrected chi connectivity index (χ3v) is 4.03. The van der Waals surface area contributed by atoms with Gasteiger partial charge in [-0.15, -0.1) is 12.3 Å². The lowest BCUT2D eigenvalue weighted by molar-refractivity contribution is -0.155. The van der Waals surface area contributed by atoms with E-state index < -0.39 is 5.54 Å². The molecule has 1 rings (SSSR count). The van der Waals surface area contributed by atoms with Crippen molar-refractivity contribution in [1.82, 2.24) is 10.2 Å². The summed E-state index contributed by atoms with van der Waals surface area (Å²) in [6.07, 6.45) is 8.50. The molecule has 1 unspecified atom stereocenters. The Morgan fingerprint density at radius 1 is 1.32 bits per heavy atom. The van der Waals surface area contributed by atoms with Crippen LogP contribution in [-0.4, -0.2) is 34.8 Å². The molecule has 2 amide bonds. The Kier molecular flexibility index (Phi) is 5.41. The first kappa shape index (κ1) is 15.6. The molecule has 0 aromatic rings. The summed E-state index contributed by atoms with van der Waals surface area (Å²) in [6.45, 7) is 6.37. The number of nitrogens with zero attached hydrogens (tertiary/aromatic N) is 1. The summed E-state index contributed by atoms with van der Waals surface area (Å²) in [6, 6.07) is -0.350. The van der Waals surface area contributed by atoms with E-state index in [1.807, 2.05) is 20.8 Å². The van der Waals surface area contributed by atoms with Crippen LogP contribution < -0.4 is 5.32 Å². The van der Waals surface area contributed by atoms with Crippen molar-refractivity contribution in [1.29, 1.82) is 0 Å². The van der Waals surface area contributed by atoms with Gasteiger partial charge in [0.2, 0.25) is 11.8 Å². The number of unbranched alkanes of at least 4 members (excludes halogenated alkanes) is 1. The zero-order valence-electron chi connectivity index (χ0n) is 12.2. The van der Waals surface area contributed by atoms with Crippen molar-refractivity contribution in [2.75, 3.05) is 6.54 Å². The van der Waals surface area contributed by atoms with Gasteiger partial charge in [-0.3, -0.25) is 9.59 Å². The highest BCUT2D eigenvalue weighted by molar-refractivity contribution is 5.99. The first-order valence-electron chi connectivity index (χ1n) is 7.12. The molecule has 1 aliphatic rings. The molecule has 4 heteroatoms. The summed E-state index contributed by atoms with van der Waals surface area (Å²) in [7, 11) is 0. The minimum atomic E-state index is -0.723. The number of hydrogen-bond donors (Lipinski definition) is 1.